The third-order valence-corrected chi connectivity index (χ3v) is 7.76. The topological polar surface area (TPSA) is 204 Å². The molecule has 1 aromatic heterocycles. The second kappa shape index (κ2) is 8.64. The van der Waals surface area contributed by atoms with Crippen LogP contribution in [0, 0.1) is 11.8 Å². The van der Waals surface area contributed by atoms with Gasteiger partial charge in [-0.2, -0.15) is 0 Å². The van der Waals surface area contributed by atoms with Crippen LogP contribution >= 0.6 is 0 Å². The van der Waals surface area contributed by atoms with Gasteiger partial charge in [0.15, 0.2) is 11.4 Å². The molecule has 12 heteroatoms. The zero-order chi connectivity index (χ0) is 27.7. The maximum atomic E-state index is 13.8. The Morgan fingerprint density at radius 1 is 1.18 bits per heavy atom. The Balaban J connectivity index is 1.66. The zero-order valence-electron chi connectivity index (χ0n) is 20.5. The van der Waals surface area contributed by atoms with Gasteiger partial charge in [-0.1, -0.05) is 11.2 Å². The van der Waals surface area contributed by atoms with Crippen LogP contribution in [0.15, 0.2) is 45.8 Å². The van der Waals surface area contributed by atoms with Crippen LogP contribution in [0.4, 0.5) is 0 Å². The van der Waals surface area contributed by atoms with Crippen LogP contribution in [0.25, 0.3) is 5.76 Å². The van der Waals surface area contributed by atoms with E-state index in [1.807, 2.05) is 0 Å². The van der Waals surface area contributed by atoms with Crippen molar-refractivity contribution in [3.63, 3.8) is 0 Å². The van der Waals surface area contributed by atoms with Crippen LogP contribution < -0.4 is 5.73 Å². The lowest BCUT2D eigenvalue weighted by atomic mass is 9.57. The zero-order valence-corrected chi connectivity index (χ0v) is 20.5. The van der Waals surface area contributed by atoms with Gasteiger partial charge in [0.25, 0.3) is 5.91 Å². The number of aromatic hydroxyl groups is 1. The Labute approximate surface area is 215 Å². The Morgan fingerprint density at radius 2 is 1.89 bits per heavy atom. The average Bonchev–Trinajstić information content (AvgIpc) is 3.38. The van der Waals surface area contributed by atoms with Gasteiger partial charge in [-0.3, -0.25) is 24.1 Å². The SMILES string of the molecule is CN(C)C1C(=O)C(C(N)=O)=C(O)[C@@]2(O)C(=O)C3=C(O)c4c(O)ccc(CC(=O)c5ccno5)c4C[C@H]3C[C@@H]12. The van der Waals surface area contributed by atoms with Crippen molar-refractivity contribution in [1.29, 1.82) is 0 Å². The molecule has 3 aliphatic carbocycles. The number of likely N-dealkylation sites (N-methyl/N-ethyl adjacent to an activating group) is 1. The number of aliphatic hydroxyl groups is 3. The van der Waals surface area contributed by atoms with Crippen molar-refractivity contribution in [3.05, 3.63) is 63.8 Å². The fourth-order valence-corrected chi connectivity index (χ4v) is 6.09. The monoisotopic (exact) mass is 523 g/mol. The number of benzene rings is 1. The van der Waals surface area contributed by atoms with Crippen molar-refractivity contribution in [1.82, 2.24) is 10.1 Å². The summed E-state index contributed by atoms with van der Waals surface area (Å²) in [5.41, 5.74) is 2.29. The molecule has 1 saturated carbocycles. The Hall–Kier alpha value is -4.29. The molecule has 3 aliphatic rings. The van der Waals surface area contributed by atoms with Crippen LogP contribution in [-0.2, 0) is 27.2 Å². The molecule has 5 rings (SSSR count). The van der Waals surface area contributed by atoms with E-state index in [-0.39, 0.29) is 41.9 Å². The smallest absolute Gasteiger partial charge is 0.255 e. The minimum absolute atomic E-state index is 0.0306. The maximum Gasteiger partial charge on any atom is 0.255 e. The lowest BCUT2D eigenvalue weighted by molar-refractivity contribution is -0.153. The molecule has 0 saturated heterocycles. The van der Waals surface area contributed by atoms with E-state index in [4.69, 9.17) is 10.3 Å². The number of hydrogen-bond donors (Lipinski definition) is 5. The largest absolute Gasteiger partial charge is 0.508 e. The van der Waals surface area contributed by atoms with Crippen LogP contribution in [0.2, 0.25) is 0 Å². The van der Waals surface area contributed by atoms with Crippen molar-refractivity contribution in [2.75, 3.05) is 14.1 Å². The molecule has 0 bridgehead atoms. The van der Waals surface area contributed by atoms with Gasteiger partial charge < -0.3 is 30.7 Å². The van der Waals surface area contributed by atoms with Gasteiger partial charge in [0, 0.05) is 24.0 Å². The number of primary amides is 1. The van der Waals surface area contributed by atoms with E-state index in [9.17, 15) is 39.6 Å². The number of ketones is 3. The number of carbonyl (C=O) groups excluding carboxylic acids is 4. The van der Waals surface area contributed by atoms with E-state index >= 15 is 0 Å². The van der Waals surface area contributed by atoms with Crippen molar-refractivity contribution >= 4 is 29.0 Å². The molecule has 0 spiro atoms. The summed E-state index contributed by atoms with van der Waals surface area (Å²) in [6.07, 6.45) is 1.23. The summed E-state index contributed by atoms with van der Waals surface area (Å²) in [5.74, 6) is -7.63. The second-order valence-corrected chi connectivity index (χ2v) is 10.0. The van der Waals surface area contributed by atoms with Crippen LogP contribution in [0.5, 0.6) is 5.75 Å². The average molecular weight is 523 g/mol. The number of Topliss-reactive ketones (excluding diaryl/α,β-unsaturated/α-hetero) is 3. The molecule has 4 atom stereocenters. The van der Waals surface area contributed by atoms with Gasteiger partial charge in [0.1, 0.15) is 22.8 Å². The molecule has 1 aromatic carbocycles. The molecular weight excluding hydrogens is 498 g/mol. The van der Waals surface area contributed by atoms with Gasteiger partial charge in [0.2, 0.25) is 17.3 Å². The summed E-state index contributed by atoms with van der Waals surface area (Å²) >= 11 is 0. The first-order chi connectivity index (χ1) is 17.9. The number of aliphatic hydroxyl groups excluding tert-OH is 2. The van der Waals surface area contributed by atoms with Crippen molar-refractivity contribution in [2.45, 2.75) is 30.9 Å². The summed E-state index contributed by atoms with van der Waals surface area (Å²) < 4.78 is 4.93. The van der Waals surface area contributed by atoms with Gasteiger partial charge in [-0.25, -0.2) is 0 Å². The molecule has 1 fully saturated rings. The third kappa shape index (κ3) is 3.41. The fourth-order valence-electron chi connectivity index (χ4n) is 6.09. The minimum atomic E-state index is -2.71. The highest BCUT2D eigenvalue weighted by molar-refractivity contribution is 6.24. The molecule has 0 radical (unpaired) electrons. The number of fused-ring (bicyclic) bond motifs is 3. The number of hydrogen-bond acceptors (Lipinski definition) is 11. The fraction of sp³-hybridized carbons (Fsp3) is 0.346. The van der Waals surface area contributed by atoms with E-state index < -0.39 is 63.8 Å². The molecule has 1 heterocycles. The van der Waals surface area contributed by atoms with E-state index in [0.29, 0.717) is 11.1 Å². The number of aromatic nitrogens is 1. The van der Waals surface area contributed by atoms with E-state index in [1.54, 1.807) is 0 Å². The van der Waals surface area contributed by atoms with E-state index in [2.05, 4.69) is 5.16 Å². The second-order valence-electron chi connectivity index (χ2n) is 10.0. The van der Waals surface area contributed by atoms with Gasteiger partial charge >= 0.3 is 0 Å². The van der Waals surface area contributed by atoms with Gasteiger partial charge in [-0.15, -0.1) is 0 Å². The lowest BCUT2D eigenvalue weighted by Gasteiger charge is -2.50. The highest BCUT2D eigenvalue weighted by Crippen LogP contribution is 2.53. The summed E-state index contributed by atoms with van der Waals surface area (Å²) in [5, 5.41) is 47.9. The van der Waals surface area contributed by atoms with E-state index in [1.165, 1.54) is 43.4 Å². The maximum absolute atomic E-state index is 13.8. The Kier molecular flexibility index (Phi) is 5.76. The minimum Gasteiger partial charge on any atom is -0.508 e. The Bertz CT molecular complexity index is 1470. The molecule has 1 unspecified atom stereocenters. The number of phenolic OH excluding ortho intramolecular Hbond substituents is 1. The first kappa shape index (κ1) is 25.4. The number of rotatable bonds is 5. The third-order valence-electron chi connectivity index (χ3n) is 7.76. The number of nitrogens with zero attached hydrogens (tertiary/aromatic N) is 2. The number of carbonyl (C=O) groups is 4. The molecule has 12 nitrogen and oxygen atoms in total. The molecule has 198 valence electrons. The molecular formula is C26H25N3O9. The van der Waals surface area contributed by atoms with Gasteiger partial charge in [-0.05, 0) is 50.0 Å². The summed E-state index contributed by atoms with van der Waals surface area (Å²) in [4.78, 5) is 53.1. The summed E-state index contributed by atoms with van der Waals surface area (Å²) in [7, 11) is 3.05. The van der Waals surface area contributed by atoms with E-state index in [0.717, 1.165) is 0 Å². The van der Waals surface area contributed by atoms with Gasteiger partial charge in [0.05, 0.1) is 17.8 Å². The summed E-state index contributed by atoms with van der Waals surface area (Å²) in [6.45, 7) is 0. The molecule has 6 N–H and O–H groups in total. The summed E-state index contributed by atoms with van der Waals surface area (Å²) in [6, 6.07) is 3.03. The number of nitrogens with two attached hydrogens (primary N) is 1. The molecule has 0 aliphatic heterocycles. The standard InChI is InChI=1S/C26H25N3O9/c1-29(2)20-13-8-11-7-12-10(9-15(31)16-5-6-28-38-16)3-4-14(30)18(12)21(32)17(11)23(34)26(13,37)24(35)19(22(20)33)25(27)36/h3-6,11,13,20,30,32,35,37H,7-9H2,1-2H3,(H2,27,36)/t11-,13-,20?,26-/m0/s1. The quantitative estimate of drug-likeness (QED) is 0.267. The van der Waals surface area contributed by atoms with Crippen LogP contribution in [-0.4, -0.2) is 79.5 Å². The molecule has 2 aromatic rings. The lowest BCUT2D eigenvalue weighted by Crippen LogP contribution is -2.65. The first-order valence-corrected chi connectivity index (χ1v) is 11.8. The number of phenols is 1. The van der Waals surface area contributed by atoms with Crippen molar-refractivity contribution < 1.29 is 44.1 Å². The van der Waals surface area contributed by atoms with Crippen LogP contribution in [0.3, 0.4) is 0 Å². The van der Waals surface area contributed by atoms with Crippen molar-refractivity contribution in [2.24, 2.45) is 17.6 Å². The first-order valence-electron chi connectivity index (χ1n) is 11.8. The highest BCUT2D eigenvalue weighted by atomic mass is 16.5. The van der Waals surface area contributed by atoms with Crippen molar-refractivity contribution in [3.8, 4) is 5.75 Å². The molecule has 1 amide bonds. The highest BCUT2D eigenvalue weighted by Gasteiger charge is 2.64. The predicted molar refractivity (Wildman–Crippen MR) is 129 cm³/mol. The normalized spacial score (nSPS) is 26.8. The predicted octanol–water partition coefficient (Wildman–Crippen LogP) is 0.377. The molecule has 38 heavy (non-hydrogen) atoms. The number of amides is 1. The Morgan fingerprint density at radius 3 is 2.50 bits per heavy atom. The van der Waals surface area contributed by atoms with Crippen LogP contribution in [0.1, 0.15) is 33.7 Å².